The molecule has 2 N–H and O–H groups in total. The molecule has 100 valence electrons. The maximum absolute atomic E-state index is 9.71. The van der Waals surface area contributed by atoms with Crippen molar-refractivity contribution in [2.45, 2.75) is 6.92 Å². The number of aromatic nitrogens is 3. The van der Waals surface area contributed by atoms with Gasteiger partial charge in [0.1, 0.15) is 5.82 Å². The van der Waals surface area contributed by atoms with Crippen molar-refractivity contribution >= 4 is 34.4 Å². The van der Waals surface area contributed by atoms with E-state index in [2.05, 4.69) is 31.2 Å². The molecule has 0 atom stereocenters. The number of nitrogens with zero attached hydrogens (tertiary/aromatic N) is 3. The predicted octanol–water partition coefficient (Wildman–Crippen LogP) is 2.61. The van der Waals surface area contributed by atoms with Gasteiger partial charge in [-0.2, -0.15) is 14.9 Å². The monoisotopic (exact) mass is 342 g/mol. The number of phenolic OH excluding ortho intramolecular Hbond substituents is 1. The molecule has 0 radical (unpaired) electrons. The summed E-state index contributed by atoms with van der Waals surface area (Å²) in [6.45, 7) is 1.79. The Morgan fingerprint density at radius 2 is 2.32 bits per heavy atom. The molecule has 0 saturated heterocycles. The van der Waals surface area contributed by atoms with Gasteiger partial charge < -0.3 is 9.84 Å². The normalized spacial score (nSPS) is 11.1. The molecular weight excluding hydrogens is 332 g/mol. The van der Waals surface area contributed by atoms with Gasteiger partial charge in [0.05, 0.1) is 17.8 Å². The van der Waals surface area contributed by atoms with Crippen LogP contribution in [0.25, 0.3) is 0 Å². The van der Waals surface area contributed by atoms with Gasteiger partial charge in [-0.15, -0.1) is 0 Å². The Bertz CT molecular complexity index is 692. The number of nitrogens with one attached hydrogen (secondary N) is 1. The first-order valence-corrected chi connectivity index (χ1v) is 6.48. The fraction of sp³-hybridized carbons (Fsp3) is 0.182. The Balaban J connectivity index is 2.39. The van der Waals surface area contributed by atoms with E-state index in [0.29, 0.717) is 20.8 Å². The fourth-order valence-electron chi connectivity index (χ4n) is 1.45. The van der Waals surface area contributed by atoms with Gasteiger partial charge in [-0.25, -0.2) is 0 Å². The van der Waals surface area contributed by atoms with E-state index in [1.807, 2.05) is 0 Å². The summed E-state index contributed by atoms with van der Waals surface area (Å²) in [5, 5.41) is 20.5. The molecule has 2 aromatic rings. The molecule has 1 aromatic heterocycles. The van der Waals surface area contributed by atoms with Crippen LogP contribution in [-0.2, 0) is 0 Å². The molecule has 0 saturated carbocycles. The van der Waals surface area contributed by atoms with Crippen LogP contribution in [-0.4, -0.2) is 33.3 Å². The summed E-state index contributed by atoms with van der Waals surface area (Å²) in [7, 11) is 1.48. The summed E-state index contributed by atoms with van der Waals surface area (Å²) in [5.74, 6) is 1.07. The minimum absolute atomic E-state index is 0.0516. The summed E-state index contributed by atoms with van der Waals surface area (Å²) >= 11 is 8.29. The van der Waals surface area contributed by atoms with Crippen LogP contribution in [0.4, 0.5) is 0 Å². The molecule has 0 unspecified atom stereocenters. The lowest BCUT2D eigenvalue weighted by Gasteiger charge is -2.06. The number of methoxy groups -OCH3 is 1. The lowest BCUT2D eigenvalue weighted by molar-refractivity contribution is 0.372. The maximum Gasteiger partial charge on any atom is 0.216 e. The van der Waals surface area contributed by atoms with E-state index >= 15 is 0 Å². The SMILES string of the molecule is COc1cc(/C=N/n2c(C)n[nH]c2=S)cc(Br)c1O. The number of benzene rings is 1. The van der Waals surface area contributed by atoms with E-state index in [0.717, 1.165) is 5.56 Å². The zero-order valence-electron chi connectivity index (χ0n) is 10.2. The third kappa shape index (κ3) is 2.85. The summed E-state index contributed by atoms with van der Waals surface area (Å²) in [6, 6.07) is 3.39. The molecule has 0 spiro atoms. The van der Waals surface area contributed by atoms with Gasteiger partial charge in [-0.05, 0) is 52.8 Å². The number of phenols is 1. The van der Waals surface area contributed by atoms with E-state index < -0.39 is 0 Å². The number of hydrogen-bond acceptors (Lipinski definition) is 5. The maximum atomic E-state index is 9.71. The van der Waals surface area contributed by atoms with Crippen molar-refractivity contribution in [2.75, 3.05) is 7.11 Å². The Hall–Kier alpha value is -1.67. The van der Waals surface area contributed by atoms with E-state index in [1.54, 1.807) is 25.3 Å². The minimum atomic E-state index is 0.0516. The summed E-state index contributed by atoms with van der Waals surface area (Å²) < 4.78 is 7.51. The van der Waals surface area contributed by atoms with Gasteiger partial charge in [0, 0.05) is 0 Å². The van der Waals surface area contributed by atoms with Crippen molar-refractivity contribution in [2.24, 2.45) is 5.10 Å². The molecule has 8 heteroatoms. The van der Waals surface area contributed by atoms with E-state index in [9.17, 15) is 5.11 Å². The third-order valence-electron chi connectivity index (χ3n) is 2.41. The zero-order chi connectivity index (χ0) is 14.0. The topological polar surface area (TPSA) is 75.4 Å². The van der Waals surface area contributed by atoms with E-state index in [1.165, 1.54) is 11.8 Å². The average molecular weight is 343 g/mol. The molecule has 1 aromatic carbocycles. The van der Waals surface area contributed by atoms with Gasteiger partial charge in [-0.3, -0.25) is 5.10 Å². The Morgan fingerprint density at radius 1 is 1.58 bits per heavy atom. The molecule has 0 fully saturated rings. The van der Waals surface area contributed by atoms with Crippen molar-refractivity contribution in [1.82, 2.24) is 14.9 Å². The van der Waals surface area contributed by atoms with E-state index in [4.69, 9.17) is 17.0 Å². The fourth-order valence-corrected chi connectivity index (χ4v) is 2.14. The molecule has 2 rings (SSSR count). The summed E-state index contributed by atoms with van der Waals surface area (Å²) in [4.78, 5) is 0. The van der Waals surface area contributed by atoms with Gasteiger partial charge in [0.2, 0.25) is 4.77 Å². The smallest absolute Gasteiger partial charge is 0.216 e. The second-order valence-corrected chi connectivity index (χ2v) is 4.93. The van der Waals surface area contributed by atoms with E-state index in [-0.39, 0.29) is 5.75 Å². The quantitative estimate of drug-likeness (QED) is 0.664. The molecule has 0 aliphatic heterocycles. The van der Waals surface area contributed by atoms with Gasteiger partial charge >= 0.3 is 0 Å². The first kappa shape index (κ1) is 13.8. The van der Waals surface area contributed by atoms with Crippen LogP contribution >= 0.6 is 28.1 Å². The highest BCUT2D eigenvalue weighted by atomic mass is 79.9. The zero-order valence-corrected chi connectivity index (χ0v) is 12.6. The molecule has 19 heavy (non-hydrogen) atoms. The second kappa shape index (κ2) is 5.54. The van der Waals surface area contributed by atoms with Crippen LogP contribution in [0, 0.1) is 11.7 Å². The Kier molecular flexibility index (Phi) is 4.01. The van der Waals surface area contributed by atoms with Crippen molar-refractivity contribution in [3.05, 3.63) is 32.8 Å². The van der Waals surface area contributed by atoms with Crippen LogP contribution in [0.2, 0.25) is 0 Å². The third-order valence-corrected chi connectivity index (χ3v) is 3.27. The molecule has 0 amide bonds. The molecule has 1 heterocycles. The minimum Gasteiger partial charge on any atom is -0.503 e. The lowest BCUT2D eigenvalue weighted by Crippen LogP contribution is -1.94. The number of H-pyrrole nitrogens is 1. The van der Waals surface area contributed by atoms with Gasteiger partial charge in [0.25, 0.3) is 0 Å². The largest absolute Gasteiger partial charge is 0.503 e. The number of halogens is 1. The second-order valence-electron chi connectivity index (χ2n) is 3.69. The van der Waals surface area contributed by atoms with Crippen molar-refractivity contribution in [3.8, 4) is 11.5 Å². The Labute approximate surface area is 122 Å². The molecular formula is C11H11BrN4O2S. The number of rotatable bonds is 3. The van der Waals surface area contributed by atoms with Crippen LogP contribution in [0.1, 0.15) is 11.4 Å². The van der Waals surface area contributed by atoms with Crippen LogP contribution in [0.5, 0.6) is 11.5 Å². The van der Waals surface area contributed by atoms with Crippen LogP contribution < -0.4 is 4.74 Å². The highest BCUT2D eigenvalue weighted by Crippen LogP contribution is 2.34. The van der Waals surface area contributed by atoms with Gasteiger partial charge in [0.15, 0.2) is 11.5 Å². The summed E-state index contributed by atoms with van der Waals surface area (Å²) in [5.41, 5.74) is 0.754. The average Bonchev–Trinajstić information content (AvgIpc) is 2.70. The predicted molar refractivity (Wildman–Crippen MR) is 77.5 cm³/mol. The standard InChI is InChI=1S/C11H11BrN4O2S/c1-6-14-15-11(19)16(6)13-5-7-3-8(12)10(17)9(4-7)18-2/h3-5,17H,1-2H3,(H,15,19)/b13-5+. The van der Waals surface area contributed by atoms with Crippen molar-refractivity contribution in [1.29, 1.82) is 0 Å². The summed E-state index contributed by atoms with van der Waals surface area (Å²) in [6.07, 6.45) is 1.60. The number of aromatic hydroxyl groups is 1. The lowest BCUT2D eigenvalue weighted by atomic mass is 10.2. The van der Waals surface area contributed by atoms with Crippen molar-refractivity contribution < 1.29 is 9.84 Å². The highest BCUT2D eigenvalue weighted by molar-refractivity contribution is 9.10. The first-order chi connectivity index (χ1) is 9.02. The molecule has 0 aliphatic carbocycles. The number of aryl methyl sites for hydroxylation is 1. The number of ether oxygens (including phenoxy) is 1. The van der Waals surface area contributed by atoms with Crippen molar-refractivity contribution in [3.63, 3.8) is 0 Å². The number of aromatic amines is 1. The van der Waals surface area contributed by atoms with Crippen LogP contribution in [0.3, 0.4) is 0 Å². The van der Waals surface area contributed by atoms with Crippen LogP contribution in [0.15, 0.2) is 21.7 Å². The highest BCUT2D eigenvalue weighted by Gasteiger charge is 2.07. The molecule has 0 bridgehead atoms. The molecule has 6 nitrogen and oxygen atoms in total. The molecule has 0 aliphatic rings. The first-order valence-electron chi connectivity index (χ1n) is 5.28. The Morgan fingerprint density at radius 3 is 2.89 bits per heavy atom. The number of hydrogen-bond donors (Lipinski definition) is 2. The van der Waals surface area contributed by atoms with Gasteiger partial charge in [-0.1, -0.05) is 0 Å².